The summed E-state index contributed by atoms with van der Waals surface area (Å²) in [5.41, 5.74) is -0.139. The predicted octanol–water partition coefficient (Wildman–Crippen LogP) is 3.97. The number of hydrogen-bond donors (Lipinski definition) is 2. The van der Waals surface area contributed by atoms with Crippen LogP contribution in [0.3, 0.4) is 0 Å². The molecule has 1 unspecified atom stereocenters. The number of amides is 1. The Bertz CT molecular complexity index is 769. The number of nitrogens with one attached hydrogen (secondary N) is 1. The molecule has 2 rings (SSSR count). The molecule has 0 bridgehead atoms. The summed E-state index contributed by atoms with van der Waals surface area (Å²) in [5, 5.41) is 12.7. The maximum atomic E-state index is 13.4. The molecule has 2 N–H and O–H groups in total. The van der Waals surface area contributed by atoms with Crippen LogP contribution in [0.4, 0.5) is 4.39 Å². The molecule has 6 heteroatoms. The van der Waals surface area contributed by atoms with E-state index in [0.29, 0.717) is 15.8 Å². The Labute approximate surface area is 138 Å². The number of hydrogen-bond acceptors (Lipinski definition) is 3. The van der Waals surface area contributed by atoms with Gasteiger partial charge in [0.25, 0.3) is 5.91 Å². The van der Waals surface area contributed by atoms with E-state index < -0.39 is 11.5 Å². The van der Waals surface area contributed by atoms with Gasteiger partial charge in [-0.2, -0.15) is 0 Å². The fourth-order valence-electron chi connectivity index (χ4n) is 2.43. The fourth-order valence-corrected chi connectivity index (χ4v) is 3.52. The highest BCUT2D eigenvalue weighted by molar-refractivity contribution is 7.21. The van der Waals surface area contributed by atoms with Crippen LogP contribution < -0.4 is 5.32 Å². The third-order valence-electron chi connectivity index (χ3n) is 4.30. The third kappa shape index (κ3) is 3.52. The highest BCUT2D eigenvalue weighted by Crippen LogP contribution is 2.32. The van der Waals surface area contributed by atoms with Gasteiger partial charge in [-0.25, -0.2) is 4.39 Å². The first-order chi connectivity index (χ1) is 10.6. The summed E-state index contributed by atoms with van der Waals surface area (Å²) in [6.45, 7) is 7.25. The quantitative estimate of drug-likeness (QED) is 0.867. The smallest absolute Gasteiger partial charge is 0.305 e. The van der Waals surface area contributed by atoms with E-state index in [2.05, 4.69) is 5.32 Å². The molecule has 2 aromatic rings. The second-order valence-corrected chi connectivity index (χ2v) is 7.35. The maximum Gasteiger partial charge on any atom is 0.305 e. The standard InChI is InChI=1S/C17H20FNO3S/c1-9(2)17(4,8-14(20)21)19-16(22)15-10(3)12-7-11(18)5-6-13(12)23-15/h5-7,9H,8H2,1-4H3,(H,19,22)(H,20,21). The summed E-state index contributed by atoms with van der Waals surface area (Å²) >= 11 is 1.29. The number of fused-ring (bicyclic) bond motifs is 1. The van der Waals surface area contributed by atoms with E-state index in [1.165, 1.54) is 23.5 Å². The first kappa shape index (κ1) is 17.4. The van der Waals surface area contributed by atoms with Gasteiger partial charge in [-0.15, -0.1) is 11.3 Å². The molecule has 4 nitrogen and oxygen atoms in total. The highest BCUT2D eigenvalue weighted by atomic mass is 32.1. The summed E-state index contributed by atoms with van der Waals surface area (Å²) in [6.07, 6.45) is -0.158. The van der Waals surface area contributed by atoms with Crippen LogP contribution in [0.25, 0.3) is 10.1 Å². The zero-order valence-corrected chi connectivity index (χ0v) is 14.4. The van der Waals surface area contributed by atoms with Gasteiger partial charge in [0.05, 0.1) is 16.8 Å². The number of halogens is 1. The second-order valence-electron chi connectivity index (χ2n) is 6.29. The van der Waals surface area contributed by atoms with Gasteiger partial charge >= 0.3 is 5.97 Å². The van der Waals surface area contributed by atoms with Gasteiger partial charge < -0.3 is 10.4 Å². The van der Waals surface area contributed by atoms with Gasteiger partial charge in [0.2, 0.25) is 0 Å². The lowest BCUT2D eigenvalue weighted by atomic mass is 9.85. The van der Waals surface area contributed by atoms with Crippen LogP contribution in [0.5, 0.6) is 0 Å². The molecule has 1 aromatic carbocycles. The van der Waals surface area contributed by atoms with E-state index >= 15 is 0 Å². The molecule has 0 aliphatic rings. The van der Waals surface area contributed by atoms with Gasteiger partial charge in [-0.05, 0) is 48.9 Å². The van der Waals surface area contributed by atoms with Crippen LogP contribution >= 0.6 is 11.3 Å². The van der Waals surface area contributed by atoms with Gasteiger partial charge in [0, 0.05) is 4.70 Å². The minimum Gasteiger partial charge on any atom is -0.481 e. The van der Waals surface area contributed by atoms with E-state index in [1.54, 1.807) is 19.9 Å². The van der Waals surface area contributed by atoms with Crippen LogP contribution in [-0.2, 0) is 4.79 Å². The molecule has 1 atom stereocenters. The molecule has 0 saturated carbocycles. The Morgan fingerprint density at radius 3 is 2.61 bits per heavy atom. The molecular formula is C17H20FNO3S. The molecule has 0 aliphatic heterocycles. The number of benzene rings is 1. The van der Waals surface area contributed by atoms with Crippen LogP contribution in [0, 0.1) is 18.7 Å². The number of aliphatic carboxylic acids is 1. The summed E-state index contributed by atoms with van der Waals surface area (Å²) < 4.78 is 14.2. The van der Waals surface area contributed by atoms with Crippen molar-refractivity contribution in [2.75, 3.05) is 0 Å². The molecule has 0 spiro atoms. The Morgan fingerprint density at radius 2 is 2.04 bits per heavy atom. The minimum absolute atomic E-state index is 0.0466. The van der Waals surface area contributed by atoms with Gasteiger partial charge in [-0.3, -0.25) is 9.59 Å². The van der Waals surface area contributed by atoms with Crippen LogP contribution in [-0.4, -0.2) is 22.5 Å². The lowest BCUT2D eigenvalue weighted by molar-refractivity contribution is -0.138. The van der Waals surface area contributed by atoms with E-state index in [9.17, 15) is 14.0 Å². The normalized spacial score (nSPS) is 14.0. The topological polar surface area (TPSA) is 66.4 Å². The molecule has 0 saturated heterocycles. The van der Waals surface area contributed by atoms with Crippen LogP contribution in [0.1, 0.15) is 42.4 Å². The third-order valence-corrected chi connectivity index (χ3v) is 5.57. The molecule has 1 amide bonds. The number of carbonyl (C=O) groups excluding carboxylic acids is 1. The zero-order chi connectivity index (χ0) is 17.4. The van der Waals surface area contributed by atoms with Crippen LogP contribution in [0.15, 0.2) is 18.2 Å². The number of thiophene rings is 1. The van der Waals surface area contributed by atoms with E-state index in [4.69, 9.17) is 5.11 Å². The molecule has 0 radical (unpaired) electrons. The number of carboxylic acids is 1. The van der Waals surface area contributed by atoms with Crippen LogP contribution in [0.2, 0.25) is 0 Å². The molecule has 1 heterocycles. The second kappa shape index (κ2) is 6.28. The zero-order valence-electron chi connectivity index (χ0n) is 13.6. The molecule has 0 aliphatic carbocycles. The average Bonchev–Trinajstić information content (AvgIpc) is 2.75. The van der Waals surface area contributed by atoms with Gasteiger partial charge in [0.15, 0.2) is 0 Å². The number of rotatable bonds is 5. The highest BCUT2D eigenvalue weighted by Gasteiger charge is 2.34. The largest absolute Gasteiger partial charge is 0.481 e. The summed E-state index contributed by atoms with van der Waals surface area (Å²) in [4.78, 5) is 24.2. The first-order valence-electron chi connectivity index (χ1n) is 7.37. The van der Waals surface area contributed by atoms with E-state index in [0.717, 1.165) is 4.70 Å². The Morgan fingerprint density at radius 1 is 1.39 bits per heavy atom. The lowest BCUT2D eigenvalue weighted by Crippen LogP contribution is -2.51. The summed E-state index contributed by atoms with van der Waals surface area (Å²) in [6, 6.07) is 4.43. The average molecular weight is 337 g/mol. The number of carboxylic acid groups (broad SMARTS) is 1. The maximum absolute atomic E-state index is 13.4. The lowest BCUT2D eigenvalue weighted by Gasteiger charge is -2.33. The molecule has 0 fully saturated rings. The van der Waals surface area contributed by atoms with E-state index in [-0.39, 0.29) is 24.1 Å². The van der Waals surface area contributed by atoms with Crippen molar-refractivity contribution in [2.24, 2.45) is 5.92 Å². The number of carbonyl (C=O) groups is 2. The van der Waals surface area contributed by atoms with Crippen molar-refractivity contribution in [1.82, 2.24) is 5.32 Å². The summed E-state index contributed by atoms with van der Waals surface area (Å²) in [7, 11) is 0. The van der Waals surface area contributed by atoms with Crippen molar-refractivity contribution < 1.29 is 19.1 Å². The minimum atomic E-state index is -0.961. The van der Waals surface area contributed by atoms with Gasteiger partial charge in [0.1, 0.15) is 5.82 Å². The monoisotopic (exact) mass is 337 g/mol. The van der Waals surface area contributed by atoms with Crippen molar-refractivity contribution in [3.05, 3.63) is 34.5 Å². The first-order valence-corrected chi connectivity index (χ1v) is 8.18. The predicted molar refractivity (Wildman–Crippen MR) is 89.5 cm³/mol. The van der Waals surface area contributed by atoms with Crippen molar-refractivity contribution in [2.45, 2.75) is 39.7 Å². The van der Waals surface area contributed by atoms with Crippen molar-refractivity contribution in [1.29, 1.82) is 0 Å². The number of aryl methyl sites for hydroxylation is 1. The Hall–Kier alpha value is -1.95. The molecule has 23 heavy (non-hydrogen) atoms. The van der Waals surface area contributed by atoms with E-state index in [1.807, 2.05) is 13.8 Å². The summed E-state index contributed by atoms with van der Waals surface area (Å²) in [5.74, 6) is -1.67. The molecule has 1 aromatic heterocycles. The fraction of sp³-hybridized carbons (Fsp3) is 0.412. The molecular weight excluding hydrogens is 317 g/mol. The molecule has 124 valence electrons. The Kier molecular flexibility index (Phi) is 4.75. The van der Waals surface area contributed by atoms with Crippen molar-refractivity contribution in [3.63, 3.8) is 0 Å². The Balaban J connectivity index is 2.36. The van der Waals surface area contributed by atoms with Crippen molar-refractivity contribution >= 4 is 33.3 Å². The van der Waals surface area contributed by atoms with Crippen molar-refractivity contribution in [3.8, 4) is 0 Å². The SMILES string of the molecule is Cc1c(C(=O)NC(C)(CC(=O)O)C(C)C)sc2ccc(F)cc12. The van der Waals surface area contributed by atoms with Gasteiger partial charge in [-0.1, -0.05) is 13.8 Å².